The molecule has 0 spiro atoms. The molecule has 1 aliphatic carbocycles. The van der Waals surface area contributed by atoms with Crippen LogP contribution in [0.1, 0.15) is 25.7 Å². The molecule has 0 aromatic carbocycles. The molecule has 0 saturated heterocycles. The van der Waals surface area contributed by atoms with Crippen molar-refractivity contribution in [2.75, 3.05) is 6.54 Å². The topological polar surface area (TPSA) is 46.2 Å². The van der Waals surface area contributed by atoms with Gasteiger partial charge in [-0.1, -0.05) is 0 Å². The highest BCUT2D eigenvalue weighted by molar-refractivity contribution is 4.89. The van der Waals surface area contributed by atoms with Crippen LogP contribution in [-0.2, 0) is 0 Å². The van der Waals surface area contributed by atoms with Crippen molar-refractivity contribution in [1.29, 1.82) is 0 Å². The lowest BCUT2D eigenvalue weighted by molar-refractivity contribution is -0.199. The third-order valence-electron chi connectivity index (χ3n) is 2.66. The fourth-order valence-electron chi connectivity index (χ4n) is 1.81. The van der Waals surface area contributed by atoms with Crippen LogP contribution >= 0.6 is 0 Å². The number of hydrogen-bond acceptors (Lipinski definition) is 2. The SMILES string of the molecule is NC[C@@]1(O)CCC[C@H](C(F)(F)F)C1. The minimum Gasteiger partial charge on any atom is -0.389 e. The van der Waals surface area contributed by atoms with E-state index >= 15 is 0 Å². The van der Waals surface area contributed by atoms with Crippen LogP contribution in [0.15, 0.2) is 0 Å². The first kappa shape index (κ1) is 10.8. The first-order chi connectivity index (χ1) is 5.87. The Morgan fingerprint density at radius 1 is 1.46 bits per heavy atom. The second-order valence-electron chi connectivity index (χ2n) is 3.76. The van der Waals surface area contributed by atoms with Crippen LogP contribution in [0, 0.1) is 5.92 Å². The van der Waals surface area contributed by atoms with E-state index in [9.17, 15) is 18.3 Å². The molecule has 13 heavy (non-hydrogen) atoms. The predicted molar refractivity (Wildman–Crippen MR) is 42.0 cm³/mol. The smallest absolute Gasteiger partial charge is 0.389 e. The van der Waals surface area contributed by atoms with Gasteiger partial charge in [0.05, 0.1) is 11.5 Å². The Bertz CT molecular complexity index is 183. The summed E-state index contributed by atoms with van der Waals surface area (Å²) in [5.74, 6) is -1.38. The van der Waals surface area contributed by atoms with Crippen LogP contribution in [0.3, 0.4) is 0 Å². The maximum atomic E-state index is 12.3. The van der Waals surface area contributed by atoms with E-state index in [1.165, 1.54) is 0 Å². The maximum absolute atomic E-state index is 12.3. The quantitative estimate of drug-likeness (QED) is 0.668. The normalized spacial score (nSPS) is 36.2. The first-order valence-corrected chi connectivity index (χ1v) is 4.36. The molecule has 3 N–H and O–H groups in total. The standard InChI is InChI=1S/C8H14F3NO/c9-8(10,11)6-2-1-3-7(13,4-6)5-12/h6,13H,1-5,12H2/t6-,7+/m0/s1. The lowest BCUT2D eigenvalue weighted by Gasteiger charge is -2.36. The largest absolute Gasteiger partial charge is 0.391 e. The van der Waals surface area contributed by atoms with E-state index in [1.54, 1.807) is 0 Å². The zero-order valence-corrected chi connectivity index (χ0v) is 7.27. The molecule has 1 aliphatic rings. The molecular weight excluding hydrogens is 183 g/mol. The van der Waals surface area contributed by atoms with Crippen LogP contribution in [-0.4, -0.2) is 23.4 Å². The lowest BCUT2D eigenvalue weighted by Crippen LogP contribution is -2.45. The summed E-state index contributed by atoms with van der Waals surface area (Å²) >= 11 is 0. The van der Waals surface area contributed by atoms with Gasteiger partial charge in [-0.2, -0.15) is 13.2 Å². The van der Waals surface area contributed by atoms with E-state index < -0.39 is 17.7 Å². The van der Waals surface area contributed by atoms with Gasteiger partial charge in [-0.15, -0.1) is 0 Å². The van der Waals surface area contributed by atoms with E-state index in [0.29, 0.717) is 12.8 Å². The summed E-state index contributed by atoms with van der Waals surface area (Å²) in [4.78, 5) is 0. The molecule has 1 rings (SSSR count). The molecule has 0 bridgehead atoms. The molecule has 0 aromatic heterocycles. The second kappa shape index (κ2) is 3.46. The number of hydrogen-bond donors (Lipinski definition) is 2. The summed E-state index contributed by atoms with van der Waals surface area (Å²) in [7, 11) is 0. The van der Waals surface area contributed by atoms with Crippen molar-refractivity contribution in [2.24, 2.45) is 11.7 Å². The zero-order chi connectivity index (χ0) is 10.1. The van der Waals surface area contributed by atoms with Crippen molar-refractivity contribution < 1.29 is 18.3 Å². The van der Waals surface area contributed by atoms with Crippen molar-refractivity contribution in [1.82, 2.24) is 0 Å². The minimum absolute atomic E-state index is 0.0837. The summed E-state index contributed by atoms with van der Waals surface area (Å²) in [5, 5.41) is 9.59. The van der Waals surface area contributed by atoms with Crippen molar-refractivity contribution in [3.05, 3.63) is 0 Å². The Morgan fingerprint density at radius 2 is 2.08 bits per heavy atom. The van der Waals surface area contributed by atoms with Gasteiger partial charge in [-0.05, 0) is 25.7 Å². The average molecular weight is 197 g/mol. The lowest BCUT2D eigenvalue weighted by atomic mass is 9.78. The van der Waals surface area contributed by atoms with Crippen molar-refractivity contribution >= 4 is 0 Å². The second-order valence-corrected chi connectivity index (χ2v) is 3.76. The van der Waals surface area contributed by atoms with Gasteiger partial charge < -0.3 is 10.8 Å². The highest BCUT2D eigenvalue weighted by Crippen LogP contribution is 2.41. The molecule has 0 aliphatic heterocycles. The van der Waals surface area contributed by atoms with Gasteiger partial charge in [-0.25, -0.2) is 0 Å². The van der Waals surface area contributed by atoms with Crippen molar-refractivity contribution in [2.45, 2.75) is 37.5 Å². The average Bonchev–Trinajstić information content (AvgIpc) is 2.03. The molecule has 2 atom stereocenters. The Kier molecular flexibility index (Phi) is 2.87. The molecule has 78 valence electrons. The Morgan fingerprint density at radius 3 is 2.54 bits per heavy atom. The Labute approximate surface area is 74.9 Å². The van der Waals surface area contributed by atoms with E-state index in [4.69, 9.17) is 5.73 Å². The monoisotopic (exact) mass is 197 g/mol. The van der Waals surface area contributed by atoms with Crippen LogP contribution in [0.5, 0.6) is 0 Å². The molecular formula is C8H14F3NO. The summed E-state index contributed by atoms with van der Waals surface area (Å²) < 4.78 is 36.8. The zero-order valence-electron chi connectivity index (χ0n) is 7.27. The number of halogens is 3. The Balaban J connectivity index is 2.62. The molecule has 5 heteroatoms. The van der Waals surface area contributed by atoms with E-state index in [0.717, 1.165) is 0 Å². The van der Waals surface area contributed by atoms with Gasteiger partial charge in [0.2, 0.25) is 0 Å². The molecule has 0 unspecified atom stereocenters. The summed E-state index contributed by atoms with van der Waals surface area (Å²) in [6.45, 7) is -0.0837. The van der Waals surface area contributed by atoms with E-state index in [1.807, 2.05) is 0 Å². The molecule has 0 heterocycles. The number of alkyl halides is 3. The molecule has 1 saturated carbocycles. The number of rotatable bonds is 1. The van der Waals surface area contributed by atoms with Gasteiger partial charge in [0.25, 0.3) is 0 Å². The van der Waals surface area contributed by atoms with Gasteiger partial charge >= 0.3 is 6.18 Å². The van der Waals surface area contributed by atoms with Crippen molar-refractivity contribution in [3.63, 3.8) is 0 Å². The fourth-order valence-corrected chi connectivity index (χ4v) is 1.81. The van der Waals surface area contributed by atoms with Gasteiger partial charge in [0.15, 0.2) is 0 Å². The Hall–Kier alpha value is -0.290. The van der Waals surface area contributed by atoms with Crippen LogP contribution < -0.4 is 5.73 Å². The third-order valence-corrected chi connectivity index (χ3v) is 2.66. The van der Waals surface area contributed by atoms with Crippen molar-refractivity contribution in [3.8, 4) is 0 Å². The number of nitrogens with two attached hydrogens (primary N) is 1. The molecule has 1 fully saturated rings. The van der Waals surface area contributed by atoms with Gasteiger partial charge in [-0.3, -0.25) is 0 Å². The number of aliphatic hydroxyl groups is 1. The van der Waals surface area contributed by atoms with Crippen LogP contribution in [0.25, 0.3) is 0 Å². The summed E-state index contributed by atoms with van der Waals surface area (Å²) in [6, 6.07) is 0. The maximum Gasteiger partial charge on any atom is 0.391 e. The van der Waals surface area contributed by atoms with E-state index in [2.05, 4.69) is 0 Å². The molecule has 0 aromatic rings. The van der Waals surface area contributed by atoms with E-state index in [-0.39, 0.29) is 19.4 Å². The predicted octanol–water partition coefficient (Wildman–Crippen LogP) is 1.43. The van der Waals surface area contributed by atoms with Crippen LogP contribution in [0.2, 0.25) is 0 Å². The highest BCUT2D eigenvalue weighted by Gasteiger charge is 2.46. The highest BCUT2D eigenvalue weighted by atomic mass is 19.4. The summed E-state index contributed by atoms with van der Waals surface area (Å²) in [6.07, 6.45) is -3.53. The first-order valence-electron chi connectivity index (χ1n) is 4.36. The summed E-state index contributed by atoms with van der Waals surface area (Å²) in [5.41, 5.74) is 3.93. The fraction of sp³-hybridized carbons (Fsp3) is 1.00. The van der Waals surface area contributed by atoms with Crippen LogP contribution in [0.4, 0.5) is 13.2 Å². The molecule has 0 amide bonds. The third kappa shape index (κ3) is 2.57. The van der Waals surface area contributed by atoms with Gasteiger partial charge in [0, 0.05) is 6.54 Å². The minimum atomic E-state index is -4.19. The molecule has 2 nitrogen and oxygen atoms in total. The van der Waals surface area contributed by atoms with Gasteiger partial charge in [0.1, 0.15) is 0 Å². The molecule has 0 radical (unpaired) electrons.